The van der Waals surface area contributed by atoms with E-state index in [-0.39, 0.29) is 0 Å². The zero-order chi connectivity index (χ0) is 10.4. The summed E-state index contributed by atoms with van der Waals surface area (Å²) in [4.78, 5) is 0. The lowest BCUT2D eigenvalue weighted by molar-refractivity contribution is 0.793. The molecule has 0 aliphatic rings. The van der Waals surface area contributed by atoms with Gasteiger partial charge in [-0.3, -0.25) is 0 Å². The molecule has 0 spiro atoms. The highest BCUT2D eigenvalue weighted by Gasteiger charge is 2.02. The Hall–Kier alpha value is -1.80. The molecule has 1 rings (SSSR count). The van der Waals surface area contributed by atoms with Gasteiger partial charge in [-0.1, -0.05) is 13.3 Å². The Bertz CT molecular complexity index is 394. The molecule has 0 atom stereocenters. The summed E-state index contributed by atoms with van der Waals surface area (Å²) in [7, 11) is 0. The molecule has 0 fully saturated rings. The maximum Gasteiger partial charge on any atom is 0.0994 e. The van der Waals surface area contributed by atoms with Gasteiger partial charge in [0.2, 0.25) is 0 Å². The Morgan fingerprint density at radius 2 is 2.00 bits per heavy atom. The summed E-state index contributed by atoms with van der Waals surface area (Å²) in [6.45, 7) is 2.11. The number of rotatable bonds is 3. The minimum atomic E-state index is 0.634. The van der Waals surface area contributed by atoms with Crippen molar-refractivity contribution in [3.63, 3.8) is 0 Å². The Kier molecular flexibility index (Phi) is 3.70. The highest BCUT2D eigenvalue weighted by Crippen LogP contribution is 2.13. The molecule has 0 heterocycles. The van der Waals surface area contributed by atoms with Crippen molar-refractivity contribution in [2.75, 3.05) is 0 Å². The summed E-state index contributed by atoms with van der Waals surface area (Å²) in [5.74, 6) is 0. The smallest absolute Gasteiger partial charge is 0.0994 e. The van der Waals surface area contributed by atoms with Crippen LogP contribution in [0.3, 0.4) is 0 Å². The molecule has 0 saturated carbocycles. The van der Waals surface area contributed by atoms with Crippen LogP contribution in [0, 0.1) is 22.7 Å². The molecule has 1 aromatic carbocycles. The monoisotopic (exact) mass is 184 g/mol. The first-order chi connectivity index (χ1) is 6.81. The van der Waals surface area contributed by atoms with Gasteiger partial charge in [0.1, 0.15) is 0 Å². The Labute approximate surface area is 84.4 Å². The molecule has 2 heteroatoms. The average Bonchev–Trinajstić information content (AvgIpc) is 2.25. The highest BCUT2D eigenvalue weighted by molar-refractivity contribution is 5.44. The molecule has 0 unspecified atom stereocenters. The van der Waals surface area contributed by atoms with Crippen LogP contribution in [-0.4, -0.2) is 0 Å². The lowest BCUT2D eigenvalue weighted by atomic mass is 10.0. The van der Waals surface area contributed by atoms with Crippen LogP contribution in [-0.2, 0) is 6.42 Å². The quantitative estimate of drug-likeness (QED) is 0.725. The van der Waals surface area contributed by atoms with Crippen LogP contribution in [0.5, 0.6) is 0 Å². The first-order valence-corrected chi connectivity index (χ1v) is 4.75. The van der Waals surface area contributed by atoms with Crippen molar-refractivity contribution < 1.29 is 0 Å². The second kappa shape index (κ2) is 5.04. The maximum absolute atomic E-state index is 8.85. The van der Waals surface area contributed by atoms with E-state index in [0.717, 1.165) is 24.8 Å². The molecule has 1 aromatic rings. The molecule has 14 heavy (non-hydrogen) atoms. The van der Waals surface area contributed by atoms with E-state index in [1.807, 2.05) is 6.07 Å². The van der Waals surface area contributed by atoms with Crippen molar-refractivity contribution in [2.24, 2.45) is 0 Å². The molecule has 0 radical (unpaired) electrons. The van der Waals surface area contributed by atoms with E-state index < -0.39 is 0 Å². The average molecular weight is 184 g/mol. The fourth-order valence-electron chi connectivity index (χ4n) is 1.35. The summed E-state index contributed by atoms with van der Waals surface area (Å²) < 4.78 is 0. The molecule has 0 bridgehead atoms. The highest BCUT2D eigenvalue weighted by atomic mass is 14.3. The number of benzene rings is 1. The molecular formula is C12H12N2. The summed E-state index contributed by atoms with van der Waals surface area (Å²) in [5, 5.41) is 17.6. The number of hydrogen-bond donors (Lipinski definition) is 0. The molecule has 0 amide bonds. The normalized spacial score (nSPS) is 9.07. The van der Waals surface area contributed by atoms with Crippen LogP contribution >= 0.6 is 0 Å². The van der Waals surface area contributed by atoms with Gasteiger partial charge in [0.15, 0.2) is 0 Å². The fraction of sp³-hybridized carbons (Fsp3) is 0.333. The first-order valence-electron chi connectivity index (χ1n) is 4.75. The Morgan fingerprint density at radius 1 is 1.21 bits per heavy atom. The van der Waals surface area contributed by atoms with Crippen molar-refractivity contribution in [3.05, 3.63) is 34.9 Å². The van der Waals surface area contributed by atoms with Gasteiger partial charge in [-0.05, 0) is 36.6 Å². The van der Waals surface area contributed by atoms with E-state index in [1.165, 1.54) is 0 Å². The second-order valence-electron chi connectivity index (χ2n) is 3.20. The lowest BCUT2D eigenvalue weighted by Gasteiger charge is -2.02. The van der Waals surface area contributed by atoms with Gasteiger partial charge in [0, 0.05) is 0 Å². The molecule has 70 valence electrons. The topological polar surface area (TPSA) is 47.6 Å². The molecular weight excluding hydrogens is 172 g/mol. The summed E-state index contributed by atoms with van der Waals surface area (Å²) in [5.41, 5.74) is 2.32. The largest absolute Gasteiger partial charge is 0.192 e. The fourth-order valence-corrected chi connectivity index (χ4v) is 1.35. The van der Waals surface area contributed by atoms with Crippen LogP contribution in [0.4, 0.5) is 0 Å². The molecule has 0 saturated heterocycles. The van der Waals surface area contributed by atoms with E-state index >= 15 is 0 Å². The van der Waals surface area contributed by atoms with Crippen LogP contribution < -0.4 is 0 Å². The van der Waals surface area contributed by atoms with Gasteiger partial charge in [-0.25, -0.2) is 0 Å². The van der Waals surface area contributed by atoms with Crippen molar-refractivity contribution in [1.29, 1.82) is 10.5 Å². The van der Waals surface area contributed by atoms with Crippen molar-refractivity contribution in [2.45, 2.75) is 26.2 Å². The number of nitriles is 2. The maximum atomic E-state index is 8.85. The number of hydrogen-bond acceptors (Lipinski definition) is 2. The van der Waals surface area contributed by atoms with Gasteiger partial charge < -0.3 is 0 Å². The molecule has 0 aliphatic carbocycles. The summed E-state index contributed by atoms with van der Waals surface area (Å²) in [6, 6.07) is 9.46. The standard InChI is InChI=1S/C12H12N2/c1-2-3-4-11-7-10(8-13)5-6-12(11)9-14/h5-7H,2-4H2,1H3. The number of nitrogens with zero attached hydrogens (tertiary/aromatic N) is 2. The van der Waals surface area contributed by atoms with Crippen LogP contribution in [0.1, 0.15) is 36.5 Å². The van der Waals surface area contributed by atoms with E-state index in [9.17, 15) is 0 Å². The number of unbranched alkanes of at least 4 members (excludes halogenated alkanes) is 1. The minimum Gasteiger partial charge on any atom is -0.192 e. The Balaban J connectivity index is 2.99. The lowest BCUT2D eigenvalue weighted by Crippen LogP contribution is -1.91. The molecule has 0 aromatic heterocycles. The van der Waals surface area contributed by atoms with Gasteiger partial charge in [-0.2, -0.15) is 10.5 Å². The Morgan fingerprint density at radius 3 is 2.57 bits per heavy atom. The van der Waals surface area contributed by atoms with Crippen LogP contribution in [0.2, 0.25) is 0 Å². The zero-order valence-electron chi connectivity index (χ0n) is 8.25. The van der Waals surface area contributed by atoms with Crippen molar-refractivity contribution in [1.82, 2.24) is 0 Å². The van der Waals surface area contributed by atoms with Crippen LogP contribution in [0.25, 0.3) is 0 Å². The van der Waals surface area contributed by atoms with E-state index in [4.69, 9.17) is 10.5 Å². The van der Waals surface area contributed by atoms with Gasteiger partial charge in [0.25, 0.3) is 0 Å². The zero-order valence-corrected chi connectivity index (χ0v) is 8.25. The molecule has 0 aliphatic heterocycles. The summed E-state index contributed by atoms with van der Waals surface area (Å²) >= 11 is 0. The van der Waals surface area contributed by atoms with E-state index in [0.29, 0.717) is 11.1 Å². The van der Waals surface area contributed by atoms with Gasteiger partial charge in [0.05, 0.1) is 23.3 Å². The predicted octanol–water partition coefficient (Wildman–Crippen LogP) is 2.77. The van der Waals surface area contributed by atoms with Crippen molar-refractivity contribution in [3.8, 4) is 12.1 Å². The number of aryl methyl sites for hydroxylation is 1. The second-order valence-corrected chi connectivity index (χ2v) is 3.20. The van der Waals surface area contributed by atoms with E-state index in [1.54, 1.807) is 12.1 Å². The van der Waals surface area contributed by atoms with Gasteiger partial charge >= 0.3 is 0 Å². The van der Waals surface area contributed by atoms with Gasteiger partial charge in [-0.15, -0.1) is 0 Å². The third-order valence-corrected chi connectivity index (χ3v) is 2.15. The first kappa shape index (κ1) is 10.3. The third kappa shape index (κ3) is 2.34. The molecule has 0 N–H and O–H groups in total. The minimum absolute atomic E-state index is 0.634. The SMILES string of the molecule is CCCCc1cc(C#N)ccc1C#N. The summed E-state index contributed by atoms with van der Waals surface area (Å²) in [6.07, 6.45) is 3.04. The van der Waals surface area contributed by atoms with E-state index in [2.05, 4.69) is 19.1 Å². The third-order valence-electron chi connectivity index (χ3n) is 2.15. The molecule has 2 nitrogen and oxygen atoms in total. The van der Waals surface area contributed by atoms with Crippen molar-refractivity contribution >= 4 is 0 Å². The predicted molar refractivity (Wildman–Crippen MR) is 54.5 cm³/mol. The van der Waals surface area contributed by atoms with Crippen LogP contribution in [0.15, 0.2) is 18.2 Å².